The third-order valence-electron chi connectivity index (χ3n) is 4.01. The second-order valence-corrected chi connectivity index (χ2v) is 7.57. The second-order valence-electron chi connectivity index (χ2n) is 7.13. The lowest BCUT2D eigenvalue weighted by Crippen LogP contribution is -2.27. The normalized spacial score (nSPS) is 11.6. The van der Waals surface area contributed by atoms with Gasteiger partial charge in [-0.2, -0.15) is 0 Å². The number of ketones is 1. The van der Waals surface area contributed by atoms with Crippen molar-refractivity contribution in [3.05, 3.63) is 70.4 Å². The molecule has 1 aromatic heterocycles. The molecule has 2 aromatic carbocycles. The van der Waals surface area contributed by atoms with Crippen molar-refractivity contribution in [2.45, 2.75) is 33.3 Å². The summed E-state index contributed by atoms with van der Waals surface area (Å²) in [7, 11) is 0. The average molecular weight is 370 g/mol. The molecule has 0 bridgehead atoms. The zero-order chi connectivity index (χ0) is 19.1. The van der Waals surface area contributed by atoms with Gasteiger partial charge < -0.3 is 4.74 Å². The minimum absolute atomic E-state index is 0.155. The molecule has 3 aromatic rings. The fraction of sp³-hybridized carbons (Fsp3) is 0.238. The molecule has 0 amide bonds. The molecule has 0 N–H and O–H groups in total. The molecule has 0 spiro atoms. The molecule has 1 heterocycles. The van der Waals surface area contributed by atoms with Crippen LogP contribution in [0.1, 0.15) is 42.4 Å². The Morgan fingerprint density at radius 3 is 2.31 bits per heavy atom. The third-order valence-corrected chi connectivity index (χ3v) is 4.24. The lowest BCUT2D eigenvalue weighted by molar-refractivity contribution is 0.0541. The average Bonchev–Trinajstić information content (AvgIpc) is 2.84. The maximum Gasteiger partial charge on any atom is 0.419 e. The topological polar surface area (TPSA) is 48.3 Å². The first kappa shape index (κ1) is 18.2. The third kappa shape index (κ3) is 3.37. The number of hydrogen-bond donors (Lipinski definition) is 0. The number of nitrogens with zero attached hydrogens (tertiary/aromatic N) is 1. The Balaban J connectivity index is 2.24. The van der Waals surface area contributed by atoms with E-state index in [0.717, 1.165) is 0 Å². The van der Waals surface area contributed by atoms with Crippen molar-refractivity contribution in [1.29, 1.82) is 0 Å². The van der Waals surface area contributed by atoms with Gasteiger partial charge in [-0.1, -0.05) is 41.9 Å². The van der Waals surface area contributed by atoms with Crippen LogP contribution in [0, 0.1) is 6.92 Å². The zero-order valence-electron chi connectivity index (χ0n) is 15.2. The summed E-state index contributed by atoms with van der Waals surface area (Å²) in [6.45, 7) is 7.16. The van der Waals surface area contributed by atoms with Crippen LogP contribution < -0.4 is 0 Å². The molecular formula is C21H20ClNO3. The number of benzene rings is 2. The van der Waals surface area contributed by atoms with Crippen LogP contribution in [0.4, 0.5) is 4.79 Å². The molecule has 0 radical (unpaired) electrons. The molecule has 0 aliphatic heterocycles. The molecule has 3 rings (SSSR count). The van der Waals surface area contributed by atoms with Gasteiger partial charge in [0.25, 0.3) is 0 Å². The van der Waals surface area contributed by atoms with Crippen LogP contribution in [-0.2, 0) is 4.74 Å². The Morgan fingerprint density at radius 1 is 1.04 bits per heavy atom. The van der Waals surface area contributed by atoms with Crippen LogP contribution in [0.15, 0.2) is 48.5 Å². The zero-order valence-corrected chi connectivity index (χ0v) is 15.9. The number of ether oxygens (including phenoxy) is 1. The van der Waals surface area contributed by atoms with Gasteiger partial charge >= 0.3 is 6.09 Å². The molecule has 0 unspecified atom stereocenters. The van der Waals surface area contributed by atoms with E-state index >= 15 is 0 Å². The van der Waals surface area contributed by atoms with Gasteiger partial charge in [0.1, 0.15) is 5.60 Å². The summed E-state index contributed by atoms with van der Waals surface area (Å²) in [6.07, 6.45) is -0.519. The lowest BCUT2D eigenvalue weighted by Gasteiger charge is -2.20. The van der Waals surface area contributed by atoms with E-state index in [9.17, 15) is 9.59 Å². The molecule has 0 aliphatic carbocycles. The molecule has 0 atom stereocenters. The lowest BCUT2D eigenvalue weighted by atomic mass is 10.0. The summed E-state index contributed by atoms with van der Waals surface area (Å²) in [5, 5.41) is 1.13. The SMILES string of the molecule is Cc1c(C(=O)c2ccccc2)c2cc(Cl)ccc2n1C(=O)OC(C)(C)C. The van der Waals surface area contributed by atoms with Gasteiger partial charge in [-0.3, -0.25) is 4.79 Å². The molecular weight excluding hydrogens is 350 g/mol. The summed E-state index contributed by atoms with van der Waals surface area (Å²) >= 11 is 6.15. The van der Waals surface area contributed by atoms with E-state index in [1.54, 1.807) is 58.0 Å². The van der Waals surface area contributed by atoms with E-state index in [-0.39, 0.29) is 5.78 Å². The minimum atomic E-state index is -0.643. The molecule has 0 saturated carbocycles. The fourth-order valence-corrected chi connectivity index (χ4v) is 3.13. The van der Waals surface area contributed by atoms with Crippen molar-refractivity contribution in [2.75, 3.05) is 0 Å². The van der Waals surface area contributed by atoms with Gasteiger partial charge in [-0.15, -0.1) is 0 Å². The maximum absolute atomic E-state index is 13.1. The Labute approximate surface area is 157 Å². The Kier molecular flexibility index (Phi) is 4.63. The monoisotopic (exact) mass is 369 g/mol. The molecule has 0 fully saturated rings. The van der Waals surface area contributed by atoms with Crippen molar-refractivity contribution in [2.24, 2.45) is 0 Å². The smallest absolute Gasteiger partial charge is 0.419 e. The number of aromatic nitrogens is 1. The highest BCUT2D eigenvalue weighted by Crippen LogP contribution is 2.31. The highest BCUT2D eigenvalue weighted by atomic mass is 35.5. The van der Waals surface area contributed by atoms with Crippen molar-refractivity contribution in [1.82, 2.24) is 4.57 Å². The van der Waals surface area contributed by atoms with E-state index in [1.807, 2.05) is 18.2 Å². The summed E-state index contributed by atoms with van der Waals surface area (Å²) in [4.78, 5) is 25.9. The summed E-state index contributed by atoms with van der Waals surface area (Å²) in [5.74, 6) is -0.155. The molecule has 134 valence electrons. The van der Waals surface area contributed by atoms with Crippen molar-refractivity contribution >= 4 is 34.4 Å². The van der Waals surface area contributed by atoms with Crippen LogP contribution in [0.2, 0.25) is 5.02 Å². The molecule has 5 heteroatoms. The fourth-order valence-electron chi connectivity index (χ4n) is 2.95. The number of halogens is 1. The van der Waals surface area contributed by atoms with Crippen LogP contribution in [0.3, 0.4) is 0 Å². The van der Waals surface area contributed by atoms with E-state index in [0.29, 0.717) is 32.7 Å². The Morgan fingerprint density at radius 2 is 1.69 bits per heavy atom. The van der Waals surface area contributed by atoms with Crippen molar-refractivity contribution in [3.8, 4) is 0 Å². The number of carbonyl (C=O) groups is 2. The number of rotatable bonds is 2. The van der Waals surface area contributed by atoms with E-state index < -0.39 is 11.7 Å². The van der Waals surface area contributed by atoms with E-state index in [4.69, 9.17) is 16.3 Å². The van der Waals surface area contributed by atoms with Gasteiger partial charge in [0, 0.05) is 21.7 Å². The first-order valence-electron chi connectivity index (χ1n) is 8.33. The molecule has 0 aliphatic rings. The summed E-state index contributed by atoms with van der Waals surface area (Å²) in [6, 6.07) is 14.1. The first-order valence-corrected chi connectivity index (χ1v) is 8.70. The maximum atomic E-state index is 13.1. The van der Waals surface area contributed by atoms with Crippen molar-refractivity contribution in [3.63, 3.8) is 0 Å². The molecule has 4 nitrogen and oxygen atoms in total. The summed E-state index contributed by atoms with van der Waals surface area (Å²) < 4.78 is 6.96. The highest BCUT2D eigenvalue weighted by molar-refractivity contribution is 6.32. The largest absolute Gasteiger partial charge is 0.443 e. The predicted octanol–water partition coefficient (Wildman–Crippen LogP) is 5.62. The van der Waals surface area contributed by atoms with Gasteiger partial charge in [0.15, 0.2) is 5.78 Å². The highest BCUT2D eigenvalue weighted by Gasteiger charge is 2.27. The number of hydrogen-bond acceptors (Lipinski definition) is 3. The first-order chi connectivity index (χ1) is 12.2. The van der Waals surface area contributed by atoms with Gasteiger partial charge in [0.05, 0.1) is 11.1 Å². The molecule has 26 heavy (non-hydrogen) atoms. The van der Waals surface area contributed by atoms with Gasteiger partial charge in [-0.25, -0.2) is 9.36 Å². The van der Waals surface area contributed by atoms with E-state index in [2.05, 4.69) is 0 Å². The second kappa shape index (κ2) is 6.61. The van der Waals surface area contributed by atoms with Crippen LogP contribution in [0.25, 0.3) is 10.9 Å². The van der Waals surface area contributed by atoms with Crippen LogP contribution in [-0.4, -0.2) is 22.0 Å². The standard InChI is InChI=1S/C21H20ClNO3/c1-13-18(19(24)14-8-6-5-7-9-14)16-12-15(22)10-11-17(16)23(13)20(25)26-21(2,3)4/h5-12H,1-4H3. The van der Waals surface area contributed by atoms with Crippen molar-refractivity contribution < 1.29 is 14.3 Å². The van der Waals surface area contributed by atoms with Gasteiger partial charge in [-0.05, 0) is 45.9 Å². The van der Waals surface area contributed by atoms with Crippen LogP contribution in [0.5, 0.6) is 0 Å². The minimum Gasteiger partial charge on any atom is -0.443 e. The van der Waals surface area contributed by atoms with Gasteiger partial charge in [0.2, 0.25) is 0 Å². The Bertz CT molecular complexity index is 998. The summed E-state index contributed by atoms with van der Waals surface area (Å²) in [5.41, 5.74) is 1.50. The van der Waals surface area contributed by atoms with Crippen LogP contribution >= 0.6 is 11.6 Å². The number of fused-ring (bicyclic) bond motifs is 1. The number of carbonyl (C=O) groups excluding carboxylic acids is 2. The predicted molar refractivity (Wildman–Crippen MR) is 103 cm³/mol. The van der Waals surface area contributed by atoms with E-state index in [1.165, 1.54) is 4.57 Å². The molecule has 0 saturated heterocycles. The Hall–Kier alpha value is -2.59. The quantitative estimate of drug-likeness (QED) is 0.551.